The Kier molecular flexibility index (Phi) is 20.6. The molecule has 2 nitrogen and oxygen atoms in total. The first-order valence-corrected chi connectivity index (χ1v) is 16.2. The van der Waals surface area contributed by atoms with Crippen LogP contribution < -0.4 is 4.57 Å². The second-order valence-electron chi connectivity index (χ2n) is 11.8. The van der Waals surface area contributed by atoms with Gasteiger partial charge in [-0.05, 0) is 32.6 Å². The molecule has 0 spiro atoms. The van der Waals surface area contributed by atoms with Crippen LogP contribution in [0.25, 0.3) is 0 Å². The molecule has 0 aliphatic rings. The molecule has 2 heteroatoms. The van der Waals surface area contributed by atoms with E-state index in [4.69, 9.17) is 0 Å². The van der Waals surface area contributed by atoms with Gasteiger partial charge in [-0.1, -0.05) is 143 Å². The molecule has 206 valence electrons. The zero-order valence-electron chi connectivity index (χ0n) is 25.0. The van der Waals surface area contributed by atoms with Crippen LogP contribution in [0.15, 0.2) is 12.4 Å². The highest BCUT2D eigenvalue weighted by Gasteiger charge is 2.23. The second-order valence-corrected chi connectivity index (χ2v) is 11.8. The lowest BCUT2D eigenvalue weighted by molar-refractivity contribution is -0.705. The van der Waals surface area contributed by atoms with Gasteiger partial charge in [0, 0.05) is 0 Å². The van der Waals surface area contributed by atoms with E-state index >= 15 is 0 Å². The van der Waals surface area contributed by atoms with E-state index in [1.54, 1.807) is 0 Å². The summed E-state index contributed by atoms with van der Waals surface area (Å²) in [6.07, 6.45) is 36.0. The van der Waals surface area contributed by atoms with Crippen molar-refractivity contribution in [1.29, 1.82) is 0 Å². The van der Waals surface area contributed by atoms with Crippen molar-refractivity contribution in [2.45, 2.75) is 194 Å². The first-order chi connectivity index (χ1) is 17.1. The number of unbranched alkanes of at least 4 members (excludes halogenated alkanes) is 19. The number of aromatic nitrogens is 2. The van der Waals surface area contributed by atoms with E-state index in [-0.39, 0.29) is 0 Å². The minimum Gasteiger partial charge on any atom is -0.234 e. The molecule has 0 aliphatic carbocycles. The molecule has 1 aromatic rings. The van der Waals surface area contributed by atoms with Crippen molar-refractivity contribution in [1.82, 2.24) is 4.57 Å². The Labute approximate surface area is 221 Å². The van der Waals surface area contributed by atoms with E-state index in [1.165, 1.54) is 154 Å². The van der Waals surface area contributed by atoms with E-state index in [9.17, 15) is 0 Å². The molecule has 0 aromatic carbocycles. The van der Waals surface area contributed by atoms with Gasteiger partial charge in [0.2, 0.25) is 0 Å². The molecule has 1 heterocycles. The van der Waals surface area contributed by atoms with E-state index < -0.39 is 0 Å². The van der Waals surface area contributed by atoms with Gasteiger partial charge in [-0.15, -0.1) is 0 Å². The maximum Gasteiger partial charge on any atom is 0.259 e. The summed E-state index contributed by atoms with van der Waals surface area (Å²) in [5, 5.41) is 0. The number of nitrogens with zero attached hydrogens (tertiary/aromatic N) is 2. The van der Waals surface area contributed by atoms with Crippen LogP contribution in [0.3, 0.4) is 0 Å². The molecule has 0 radical (unpaired) electrons. The predicted octanol–water partition coefficient (Wildman–Crippen LogP) is 11.1. The first kappa shape index (κ1) is 32.2. The minimum atomic E-state index is 0.591. The molecule has 0 fully saturated rings. The molecule has 35 heavy (non-hydrogen) atoms. The van der Waals surface area contributed by atoms with Crippen LogP contribution in [0.2, 0.25) is 0 Å². The molecular formula is C33H65N2+. The molecule has 1 rings (SSSR count). The lowest BCUT2D eigenvalue weighted by Gasteiger charge is -2.14. The quantitative estimate of drug-likeness (QED) is 0.0953. The maximum absolute atomic E-state index is 2.59. The number of aryl methyl sites for hydroxylation is 1. The van der Waals surface area contributed by atoms with Gasteiger partial charge in [-0.25, -0.2) is 9.13 Å². The molecule has 0 N–H and O–H groups in total. The zero-order valence-corrected chi connectivity index (χ0v) is 25.0. The summed E-state index contributed by atoms with van der Waals surface area (Å²) in [6.45, 7) is 13.0. The highest BCUT2D eigenvalue weighted by atomic mass is 15.2. The fourth-order valence-electron chi connectivity index (χ4n) is 5.66. The zero-order chi connectivity index (χ0) is 25.6. The Bertz CT molecular complexity index is 574. The minimum absolute atomic E-state index is 0.591. The number of hydrogen-bond acceptors (Lipinski definition) is 0. The highest BCUT2D eigenvalue weighted by molar-refractivity contribution is 4.92. The van der Waals surface area contributed by atoms with Crippen LogP contribution in [-0.2, 0) is 6.54 Å². The van der Waals surface area contributed by atoms with Crippen molar-refractivity contribution in [3.63, 3.8) is 0 Å². The highest BCUT2D eigenvalue weighted by Crippen LogP contribution is 2.22. The molecular weight excluding hydrogens is 424 g/mol. The predicted molar refractivity (Wildman–Crippen MR) is 156 cm³/mol. The van der Waals surface area contributed by atoms with Gasteiger partial charge in [-0.3, -0.25) is 0 Å². The van der Waals surface area contributed by atoms with Gasteiger partial charge >= 0.3 is 0 Å². The van der Waals surface area contributed by atoms with Gasteiger partial charge < -0.3 is 0 Å². The standard InChI is InChI=1S/C33H65N2/c1-6-8-10-12-14-15-16-17-18-19-20-21-23-25-27-32(5)35-30-29-34(33(35)31(3)4)28-26-24-22-13-11-9-7-2/h29-32H,6-28H2,1-5H3/q+1. The molecule has 0 saturated heterocycles. The van der Waals surface area contributed by atoms with Crippen LogP contribution in [-0.4, -0.2) is 4.57 Å². The molecule has 0 aliphatic heterocycles. The summed E-state index contributed by atoms with van der Waals surface area (Å²) < 4.78 is 5.15. The lowest BCUT2D eigenvalue weighted by atomic mass is 10.0. The largest absolute Gasteiger partial charge is 0.259 e. The van der Waals surface area contributed by atoms with Gasteiger partial charge in [0.1, 0.15) is 12.4 Å². The molecule has 0 bridgehead atoms. The number of rotatable bonds is 25. The average Bonchev–Trinajstić information content (AvgIpc) is 3.28. The lowest BCUT2D eigenvalue weighted by Crippen LogP contribution is -2.38. The Hall–Kier alpha value is -0.790. The van der Waals surface area contributed by atoms with Crippen LogP contribution in [0.4, 0.5) is 0 Å². The third-order valence-electron chi connectivity index (χ3n) is 7.94. The SMILES string of the molecule is CCCCCCCCCCCCCCCCC(C)n1cc[n+](CCCCCCCCC)c1C(C)C. The summed E-state index contributed by atoms with van der Waals surface area (Å²) in [7, 11) is 0. The van der Waals surface area contributed by atoms with Gasteiger partial charge in [0.05, 0.1) is 18.5 Å². The van der Waals surface area contributed by atoms with E-state index in [1.807, 2.05) is 0 Å². The Morgan fingerprint density at radius 2 is 0.971 bits per heavy atom. The third-order valence-corrected chi connectivity index (χ3v) is 7.94. The van der Waals surface area contributed by atoms with E-state index in [0.717, 1.165) is 0 Å². The average molecular weight is 490 g/mol. The topological polar surface area (TPSA) is 8.81 Å². The number of hydrogen-bond donors (Lipinski definition) is 0. The van der Waals surface area contributed by atoms with Gasteiger partial charge in [-0.2, -0.15) is 0 Å². The normalized spacial score (nSPS) is 12.6. The molecule has 0 amide bonds. The molecule has 1 unspecified atom stereocenters. The van der Waals surface area contributed by atoms with Crippen molar-refractivity contribution >= 4 is 0 Å². The van der Waals surface area contributed by atoms with Crippen molar-refractivity contribution in [3.05, 3.63) is 18.2 Å². The second kappa shape index (κ2) is 22.4. The van der Waals surface area contributed by atoms with E-state index in [2.05, 4.69) is 56.1 Å². The molecule has 0 saturated carbocycles. The van der Waals surface area contributed by atoms with Crippen LogP contribution in [0.1, 0.15) is 194 Å². The molecule has 1 atom stereocenters. The summed E-state index contributed by atoms with van der Waals surface area (Å²) in [5.74, 6) is 2.13. The summed E-state index contributed by atoms with van der Waals surface area (Å²) in [5.41, 5.74) is 0. The van der Waals surface area contributed by atoms with Crippen molar-refractivity contribution in [3.8, 4) is 0 Å². The van der Waals surface area contributed by atoms with Crippen molar-refractivity contribution in [2.75, 3.05) is 0 Å². The third kappa shape index (κ3) is 15.8. The Morgan fingerprint density at radius 3 is 1.40 bits per heavy atom. The maximum atomic E-state index is 2.59. The van der Waals surface area contributed by atoms with E-state index in [0.29, 0.717) is 12.0 Å². The summed E-state index contributed by atoms with van der Waals surface area (Å²) in [6, 6.07) is 0.625. The van der Waals surface area contributed by atoms with Crippen LogP contribution in [0, 0.1) is 0 Å². The van der Waals surface area contributed by atoms with Crippen LogP contribution >= 0.6 is 0 Å². The molecule has 1 aromatic heterocycles. The fraction of sp³-hybridized carbons (Fsp3) is 0.909. The van der Waals surface area contributed by atoms with Crippen LogP contribution in [0.5, 0.6) is 0 Å². The van der Waals surface area contributed by atoms with Crippen molar-refractivity contribution in [2.24, 2.45) is 0 Å². The number of imidazole rings is 1. The first-order valence-electron chi connectivity index (χ1n) is 16.2. The Morgan fingerprint density at radius 1 is 0.571 bits per heavy atom. The van der Waals surface area contributed by atoms with Gasteiger partial charge in [0.25, 0.3) is 5.82 Å². The summed E-state index contributed by atoms with van der Waals surface area (Å²) in [4.78, 5) is 0. The monoisotopic (exact) mass is 490 g/mol. The fourth-order valence-corrected chi connectivity index (χ4v) is 5.66. The van der Waals surface area contributed by atoms with Gasteiger partial charge in [0.15, 0.2) is 0 Å². The smallest absolute Gasteiger partial charge is 0.234 e. The Balaban J connectivity index is 2.14. The van der Waals surface area contributed by atoms with Crippen molar-refractivity contribution < 1.29 is 4.57 Å². The summed E-state index contributed by atoms with van der Waals surface area (Å²) >= 11 is 0.